The molecule has 0 unspecified atom stereocenters. The molecule has 0 bridgehead atoms. The van der Waals surface area contributed by atoms with E-state index in [0.717, 1.165) is 12.1 Å². The van der Waals surface area contributed by atoms with Crippen molar-refractivity contribution in [1.82, 2.24) is 0 Å². The first-order chi connectivity index (χ1) is 7.90. The Balaban J connectivity index is 3.14. The number of rotatable bonds is 4. The Morgan fingerprint density at radius 1 is 1.35 bits per heavy atom. The molecular weight excluding hydrogens is 236 g/mol. The summed E-state index contributed by atoms with van der Waals surface area (Å²) in [4.78, 5) is 10.7. The molecule has 1 nitrogen and oxygen atoms in total. The number of carbonyl (C=O) groups is 1. The molecule has 0 fully saturated rings. The molecule has 0 N–H and O–H groups in total. The number of aldehydes is 1. The van der Waals surface area contributed by atoms with E-state index in [9.17, 15) is 22.4 Å². The first kappa shape index (κ1) is 13.7. The van der Waals surface area contributed by atoms with Gasteiger partial charge in [0.15, 0.2) is 0 Å². The summed E-state index contributed by atoms with van der Waals surface area (Å²) in [5.74, 6) is 0. The quantitative estimate of drug-likeness (QED) is 0.572. The Hall–Kier alpha value is -1.39. The fraction of sp³-hybridized carbons (Fsp3) is 0.417. The van der Waals surface area contributed by atoms with Crippen LogP contribution in [0.4, 0.5) is 17.6 Å². The third-order valence-electron chi connectivity index (χ3n) is 2.42. The maximum Gasteiger partial charge on any atom is 0.416 e. The zero-order valence-corrected chi connectivity index (χ0v) is 9.22. The molecule has 94 valence electrons. The van der Waals surface area contributed by atoms with Gasteiger partial charge in [0.2, 0.25) is 0 Å². The average molecular weight is 248 g/mol. The van der Waals surface area contributed by atoms with Gasteiger partial charge >= 0.3 is 6.18 Å². The molecule has 0 aliphatic heterocycles. The van der Waals surface area contributed by atoms with Gasteiger partial charge in [0.05, 0.1) is 5.56 Å². The zero-order valence-electron chi connectivity index (χ0n) is 9.22. The summed E-state index contributed by atoms with van der Waals surface area (Å²) in [7, 11) is 0. The van der Waals surface area contributed by atoms with Crippen LogP contribution in [0.25, 0.3) is 0 Å². The summed E-state index contributed by atoms with van der Waals surface area (Å²) in [6, 6.07) is 2.52. The molecule has 0 heterocycles. The van der Waals surface area contributed by atoms with Gasteiger partial charge in [-0.15, -0.1) is 0 Å². The van der Waals surface area contributed by atoms with E-state index in [1.807, 2.05) is 0 Å². The van der Waals surface area contributed by atoms with E-state index in [-0.39, 0.29) is 23.8 Å². The van der Waals surface area contributed by atoms with Crippen molar-refractivity contribution in [1.29, 1.82) is 0 Å². The molecule has 1 rings (SSSR count). The van der Waals surface area contributed by atoms with E-state index < -0.39 is 17.9 Å². The van der Waals surface area contributed by atoms with E-state index in [0.29, 0.717) is 12.5 Å². The molecule has 17 heavy (non-hydrogen) atoms. The van der Waals surface area contributed by atoms with Crippen LogP contribution in [0.5, 0.6) is 0 Å². The number of hydrogen-bond acceptors (Lipinski definition) is 1. The molecule has 0 aromatic heterocycles. The predicted molar refractivity (Wildman–Crippen MR) is 55.6 cm³/mol. The normalized spacial score (nSPS) is 13.5. The van der Waals surface area contributed by atoms with Crippen LogP contribution in [-0.4, -0.2) is 6.29 Å². The smallest absolute Gasteiger partial charge is 0.298 e. The average Bonchev–Trinajstić information content (AvgIpc) is 2.27. The van der Waals surface area contributed by atoms with E-state index in [4.69, 9.17) is 0 Å². The third kappa shape index (κ3) is 3.28. The highest BCUT2D eigenvalue weighted by atomic mass is 19.4. The maximum atomic E-state index is 13.6. The lowest BCUT2D eigenvalue weighted by molar-refractivity contribution is -0.137. The van der Waals surface area contributed by atoms with Gasteiger partial charge in [-0.05, 0) is 24.1 Å². The maximum absolute atomic E-state index is 13.6. The molecule has 0 aliphatic rings. The van der Waals surface area contributed by atoms with Crippen LogP contribution in [0.1, 0.15) is 47.4 Å². The molecule has 0 spiro atoms. The van der Waals surface area contributed by atoms with E-state index in [2.05, 4.69) is 0 Å². The highest BCUT2D eigenvalue weighted by Gasteiger charge is 2.31. The SMILES string of the molecule is CCC[C@@H](F)c1ccc(C(F)(F)F)cc1C=O. The number of hydrogen-bond donors (Lipinski definition) is 0. The fourth-order valence-corrected chi connectivity index (χ4v) is 1.55. The molecule has 0 radical (unpaired) electrons. The summed E-state index contributed by atoms with van der Waals surface area (Å²) in [5, 5.41) is 0. The van der Waals surface area contributed by atoms with Crippen molar-refractivity contribution in [3.63, 3.8) is 0 Å². The topological polar surface area (TPSA) is 17.1 Å². The van der Waals surface area contributed by atoms with Crippen LogP contribution in [0.2, 0.25) is 0 Å². The van der Waals surface area contributed by atoms with Crippen LogP contribution in [0.3, 0.4) is 0 Å². The molecule has 0 saturated carbocycles. The number of alkyl halides is 4. The van der Waals surface area contributed by atoms with Gasteiger partial charge in [0.1, 0.15) is 12.5 Å². The molecule has 1 atom stereocenters. The van der Waals surface area contributed by atoms with E-state index in [1.54, 1.807) is 6.92 Å². The summed E-state index contributed by atoms with van der Waals surface area (Å²) in [6.45, 7) is 1.76. The van der Waals surface area contributed by atoms with Gasteiger partial charge in [-0.1, -0.05) is 19.4 Å². The third-order valence-corrected chi connectivity index (χ3v) is 2.42. The summed E-state index contributed by atoms with van der Waals surface area (Å²) in [6.07, 6.45) is -4.92. The van der Waals surface area contributed by atoms with Crippen LogP contribution in [0.15, 0.2) is 18.2 Å². The molecule has 0 amide bonds. The standard InChI is InChI=1S/C12H12F4O/c1-2-3-11(13)10-5-4-9(12(14,15)16)6-8(10)7-17/h4-7,11H,2-3H2,1H3/t11-/m1/s1. The molecule has 0 aliphatic carbocycles. The molecule has 5 heteroatoms. The van der Waals surface area contributed by atoms with Gasteiger partial charge in [-0.25, -0.2) is 4.39 Å². The van der Waals surface area contributed by atoms with Crippen molar-refractivity contribution in [2.45, 2.75) is 32.1 Å². The Morgan fingerprint density at radius 3 is 2.47 bits per heavy atom. The predicted octanol–water partition coefficient (Wildman–Crippen LogP) is 4.33. The Kier molecular flexibility index (Phi) is 4.26. The van der Waals surface area contributed by atoms with Crippen molar-refractivity contribution in [3.05, 3.63) is 34.9 Å². The van der Waals surface area contributed by atoms with Gasteiger partial charge in [0, 0.05) is 5.56 Å². The largest absolute Gasteiger partial charge is 0.416 e. The highest BCUT2D eigenvalue weighted by molar-refractivity contribution is 5.78. The van der Waals surface area contributed by atoms with Gasteiger partial charge in [-0.3, -0.25) is 4.79 Å². The molecular formula is C12H12F4O. The second-order valence-electron chi connectivity index (χ2n) is 3.72. The minimum atomic E-state index is -4.52. The first-order valence-electron chi connectivity index (χ1n) is 5.20. The summed E-state index contributed by atoms with van der Waals surface area (Å²) in [5.41, 5.74) is -1.15. The Labute approximate surface area is 96.4 Å². The number of halogens is 4. The second-order valence-corrected chi connectivity index (χ2v) is 3.72. The lowest BCUT2D eigenvalue weighted by Crippen LogP contribution is -2.07. The molecule has 1 aromatic rings. The Morgan fingerprint density at radius 2 is 2.00 bits per heavy atom. The van der Waals surface area contributed by atoms with Crippen LogP contribution in [-0.2, 0) is 6.18 Å². The van der Waals surface area contributed by atoms with Crippen molar-refractivity contribution in [2.75, 3.05) is 0 Å². The van der Waals surface area contributed by atoms with Crippen molar-refractivity contribution in [2.24, 2.45) is 0 Å². The summed E-state index contributed by atoms with van der Waals surface area (Å²) < 4.78 is 50.7. The zero-order chi connectivity index (χ0) is 13.1. The van der Waals surface area contributed by atoms with E-state index >= 15 is 0 Å². The number of carbonyl (C=O) groups excluding carboxylic acids is 1. The van der Waals surface area contributed by atoms with Crippen LogP contribution < -0.4 is 0 Å². The highest BCUT2D eigenvalue weighted by Crippen LogP contribution is 2.33. The lowest BCUT2D eigenvalue weighted by Gasteiger charge is -2.13. The van der Waals surface area contributed by atoms with Crippen molar-refractivity contribution in [3.8, 4) is 0 Å². The molecule has 1 aromatic carbocycles. The minimum absolute atomic E-state index is 0.0230. The lowest BCUT2D eigenvalue weighted by atomic mass is 9.98. The minimum Gasteiger partial charge on any atom is -0.298 e. The first-order valence-corrected chi connectivity index (χ1v) is 5.20. The van der Waals surface area contributed by atoms with Crippen LogP contribution in [0, 0.1) is 0 Å². The van der Waals surface area contributed by atoms with Gasteiger partial charge in [-0.2, -0.15) is 13.2 Å². The van der Waals surface area contributed by atoms with Gasteiger partial charge < -0.3 is 0 Å². The number of benzene rings is 1. The second kappa shape index (κ2) is 5.29. The van der Waals surface area contributed by atoms with Gasteiger partial charge in [0.25, 0.3) is 0 Å². The fourth-order valence-electron chi connectivity index (χ4n) is 1.55. The van der Waals surface area contributed by atoms with Crippen molar-refractivity contribution < 1.29 is 22.4 Å². The summed E-state index contributed by atoms with van der Waals surface area (Å²) >= 11 is 0. The Bertz CT molecular complexity index is 398. The van der Waals surface area contributed by atoms with Crippen molar-refractivity contribution >= 4 is 6.29 Å². The molecule has 0 saturated heterocycles. The van der Waals surface area contributed by atoms with E-state index in [1.165, 1.54) is 0 Å². The monoisotopic (exact) mass is 248 g/mol. The van der Waals surface area contributed by atoms with Crippen LogP contribution >= 0.6 is 0 Å².